The largest absolute Gasteiger partial charge is 0.491 e. The molecule has 1 unspecified atom stereocenters. The maximum atomic E-state index is 13.5. The van der Waals surface area contributed by atoms with E-state index in [9.17, 15) is 9.59 Å². The third kappa shape index (κ3) is 6.48. The van der Waals surface area contributed by atoms with Gasteiger partial charge in [0.2, 0.25) is 5.91 Å². The summed E-state index contributed by atoms with van der Waals surface area (Å²) in [6.07, 6.45) is 1.52. The van der Waals surface area contributed by atoms with Crippen molar-refractivity contribution in [3.8, 4) is 5.75 Å². The van der Waals surface area contributed by atoms with Crippen molar-refractivity contribution < 1.29 is 14.3 Å². The Labute approximate surface area is 219 Å². The molecule has 6 nitrogen and oxygen atoms in total. The highest BCUT2D eigenvalue weighted by Gasteiger charge is 2.33. The van der Waals surface area contributed by atoms with Gasteiger partial charge >= 0.3 is 6.03 Å². The standard InChI is InChI=1S/C26H27Cl2N3O3S/c1-2-12-30(26(33)29-20-5-3-4-19(28)15-20)16-25(32)31-13-10-24-22(11-14-35-24)23(31)17-34-21-8-6-18(27)7-9-21/h3-9,11,14-15,23H,2,10,12-13,16-17H2,1H3,(H,29,33). The Bertz CT molecular complexity index is 1170. The molecule has 2 heterocycles. The molecule has 0 saturated carbocycles. The first-order valence-electron chi connectivity index (χ1n) is 11.5. The van der Waals surface area contributed by atoms with Crippen molar-refractivity contribution in [3.63, 3.8) is 0 Å². The lowest BCUT2D eigenvalue weighted by atomic mass is 10.0. The highest BCUT2D eigenvalue weighted by Crippen LogP contribution is 2.34. The van der Waals surface area contributed by atoms with Crippen LogP contribution in [0.4, 0.5) is 10.5 Å². The van der Waals surface area contributed by atoms with Crippen LogP contribution in [0.15, 0.2) is 60.0 Å². The van der Waals surface area contributed by atoms with Crippen LogP contribution in [0.3, 0.4) is 0 Å². The molecular weight excluding hydrogens is 505 g/mol. The zero-order chi connectivity index (χ0) is 24.8. The summed E-state index contributed by atoms with van der Waals surface area (Å²) in [6.45, 7) is 3.32. The summed E-state index contributed by atoms with van der Waals surface area (Å²) in [7, 11) is 0. The number of nitrogens with zero attached hydrogens (tertiary/aromatic N) is 2. The Hall–Kier alpha value is -2.74. The molecule has 0 bridgehead atoms. The Morgan fingerprint density at radius 1 is 1.14 bits per heavy atom. The Balaban J connectivity index is 1.47. The number of nitrogens with one attached hydrogen (secondary N) is 1. The highest BCUT2D eigenvalue weighted by molar-refractivity contribution is 7.10. The summed E-state index contributed by atoms with van der Waals surface area (Å²) in [5, 5.41) is 6.07. The number of halogens is 2. The van der Waals surface area contributed by atoms with Gasteiger partial charge in [-0.05, 0) is 72.3 Å². The fourth-order valence-electron chi connectivity index (χ4n) is 4.13. The fraction of sp³-hybridized carbons (Fsp3) is 0.308. The minimum atomic E-state index is -0.329. The molecule has 1 aliphatic heterocycles. The average molecular weight is 532 g/mol. The first-order chi connectivity index (χ1) is 16.9. The maximum Gasteiger partial charge on any atom is 0.322 e. The topological polar surface area (TPSA) is 61.9 Å². The number of fused-ring (bicyclic) bond motifs is 1. The lowest BCUT2D eigenvalue weighted by Gasteiger charge is -2.37. The van der Waals surface area contributed by atoms with Crippen LogP contribution in [0.5, 0.6) is 5.75 Å². The van der Waals surface area contributed by atoms with Crippen LogP contribution in [-0.4, -0.2) is 48.0 Å². The molecule has 35 heavy (non-hydrogen) atoms. The normalized spacial score (nSPS) is 14.8. The summed E-state index contributed by atoms with van der Waals surface area (Å²) in [5.41, 5.74) is 1.69. The molecule has 1 aliphatic rings. The number of hydrogen-bond donors (Lipinski definition) is 1. The second kappa shape index (κ2) is 11.8. The number of rotatable bonds is 8. The molecule has 2 aromatic carbocycles. The van der Waals surface area contributed by atoms with Crippen LogP contribution in [0.1, 0.15) is 29.8 Å². The zero-order valence-electron chi connectivity index (χ0n) is 19.4. The van der Waals surface area contributed by atoms with Crippen LogP contribution in [0.25, 0.3) is 0 Å². The van der Waals surface area contributed by atoms with Gasteiger partial charge in [0.1, 0.15) is 18.9 Å². The van der Waals surface area contributed by atoms with Gasteiger partial charge < -0.3 is 19.9 Å². The molecule has 1 atom stereocenters. The van der Waals surface area contributed by atoms with E-state index in [0.29, 0.717) is 41.2 Å². The Morgan fingerprint density at radius 2 is 1.94 bits per heavy atom. The Kier molecular flexibility index (Phi) is 8.55. The summed E-state index contributed by atoms with van der Waals surface area (Å²) < 4.78 is 6.04. The quantitative estimate of drug-likeness (QED) is 0.360. The van der Waals surface area contributed by atoms with Gasteiger partial charge in [0.05, 0.1) is 6.04 Å². The third-order valence-electron chi connectivity index (χ3n) is 5.82. The van der Waals surface area contributed by atoms with E-state index < -0.39 is 0 Å². The number of urea groups is 1. The smallest absolute Gasteiger partial charge is 0.322 e. The second-order valence-electron chi connectivity index (χ2n) is 8.28. The first-order valence-corrected chi connectivity index (χ1v) is 13.1. The number of hydrogen-bond acceptors (Lipinski definition) is 4. The third-order valence-corrected chi connectivity index (χ3v) is 7.30. The maximum absolute atomic E-state index is 13.5. The first kappa shape index (κ1) is 25.4. The minimum absolute atomic E-state index is 0.0167. The molecule has 4 rings (SSSR count). The van der Waals surface area contributed by atoms with E-state index in [2.05, 4.69) is 16.8 Å². The van der Waals surface area contributed by atoms with Crippen molar-refractivity contribution in [1.82, 2.24) is 9.80 Å². The molecule has 0 spiro atoms. The van der Waals surface area contributed by atoms with Gasteiger partial charge in [0.15, 0.2) is 0 Å². The molecule has 3 amide bonds. The van der Waals surface area contributed by atoms with Crippen molar-refractivity contribution in [2.24, 2.45) is 0 Å². The molecule has 0 fully saturated rings. The number of amides is 3. The van der Waals surface area contributed by atoms with Gasteiger partial charge in [-0.15, -0.1) is 11.3 Å². The van der Waals surface area contributed by atoms with E-state index >= 15 is 0 Å². The molecule has 3 aromatic rings. The summed E-state index contributed by atoms with van der Waals surface area (Å²) >= 11 is 13.7. The summed E-state index contributed by atoms with van der Waals surface area (Å²) in [4.78, 5) is 31.1. The number of carbonyl (C=O) groups is 2. The fourth-order valence-corrected chi connectivity index (χ4v) is 5.37. The highest BCUT2D eigenvalue weighted by atomic mass is 35.5. The Morgan fingerprint density at radius 3 is 2.69 bits per heavy atom. The van der Waals surface area contributed by atoms with Crippen LogP contribution >= 0.6 is 34.5 Å². The van der Waals surface area contributed by atoms with Crippen molar-refractivity contribution in [2.75, 3.05) is 31.6 Å². The van der Waals surface area contributed by atoms with E-state index in [4.69, 9.17) is 27.9 Å². The van der Waals surface area contributed by atoms with Gasteiger partial charge in [-0.25, -0.2) is 4.79 Å². The second-order valence-corrected chi connectivity index (χ2v) is 10.2. The molecule has 0 aliphatic carbocycles. The van der Waals surface area contributed by atoms with Crippen LogP contribution in [-0.2, 0) is 11.2 Å². The summed E-state index contributed by atoms with van der Waals surface area (Å²) in [5.74, 6) is 0.582. The molecule has 0 saturated heterocycles. The van der Waals surface area contributed by atoms with E-state index in [1.165, 1.54) is 4.88 Å². The number of anilines is 1. The monoisotopic (exact) mass is 531 g/mol. The van der Waals surface area contributed by atoms with Crippen molar-refractivity contribution >= 4 is 52.2 Å². The van der Waals surface area contributed by atoms with Gasteiger partial charge in [-0.2, -0.15) is 0 Å². The number of ether oxygens (including phenoxy) is 1. The minimum Gasteiger partial charge on any atom is -0.491 e. The zero-order valence-corrected chi connectivity index (χ0v) is 21.7. The number of thiophene rings is 1. The molecule has 1 aromatic heterocycles. The van der Waals surface area contributed by atoms with Gasteiger partial charge in [0, 0.05) is 33.7 Å². The molecule has 184 valence electrons. The predicted octanol–water partition coefficient (Wildman–Crippen LogP) is 6.50. The van der Waals surface area contributed by atoms with Crippen LogP contribution < -0.4 is 10.1 Å². The molecular formula is C26H27Cl2N3O3S. The van der Waals surface area contributed by atoms with E-state index in [-0.39, 0.29) is 24.5 Å². The van der Waals surface area contributed by atoms with Crippen molar-refractivity contribution in [1.29, 1.82) is 0 Å². The number of carbonyl (C=O) groups excluding carboxylic acids is 2. The SMILES string of the molecule is CCCN(CC(=O)N1CCc2sccc2C1COc1ccc(Cl)cc1)C(=O)Nc1cccc(Cl)c1. The predicted molar refractivity (Wildman–Crippen MR) is 142 cm³/mol. The summed E-state index contributed by atoms with van der Waals surface area (Å²) in [6, 6.07) is 15.6. The number of benzene rings is 2. The van der Waals surface area contributed by atoms with Gasteiger partial charge in [0.25, 0.3) is 0 Å². The lowest BCUT2D eigenvalue weighted by Crippen LogP contribution is -2.48. The van der Waals surface area contributed by atoms with E-state index in [0.717, 1.165) is 18.4 Å². The van der Waals surface area contributed by atoms with E-state index in [1.807, 2.05) is 24.0 Å². The van der Waals surface area contributed by atoms with Crippen LogP contribution in [0, 0.1) is 0 Å². The molecule has 0 radical (unpaired) electrons. The lowest BCUT2D eigenvalue weighted by molar-refractivity contribution is -0.135. The van der Waals surface area contributed by atoms with Crippen molar-refractivity contribution in [3.05, 3.63) is 80.5 Å². The average Bonchev–Trinajstić information content (AvgIpc) is 3.32. The van der Waals surface area contributed by atoms with Gasteiger partial charge in [-0.3, -0.25) is 4.79 Å². The van der Waals surface area contributed by atoms with Crippen LogP contribution in [0.2, 0.25) is 10.0 Å². The van der Waals surface area contributed by atoms with Crippen molar-refractivity contribution in [2.45, 2.75) is 25.8 Å². The molecule has 9 heteroatoms. The van der Waals surface area contributed by atoms with E-state index in [1.54, 1.807) is 52.6 Å². The molecule has 1 N–H and O–H groups in total. The van der Waals surface area contributed by atoms with Gasteiger partial charge in [-0.1, -0.05) is 36.2 Å².